The van der Waals surface area contributed by atoms with Crippen LogP contribution in [0.3, 0.4) is 0 Å². The summed E-state index contributed by atoms with van der Waals surface area (Å²) in [6.45, 7) is 1.90. The van der Waals surface area contributed by atoms with E-state index < -0.39 is 10.2 Å². The first-order valence-electron chi connectivity index (χ1n) is 4.72. The Morgan fingerprint density at radius 3 is 2.44 bits per heavy atom. The maximum atomic E-state index is 11.7. The fourth-order valence-electron chi connectivity index (χ4n) is 1.18. The first-order chi connectivity index (χ1) is 7.38. The van der Waals surface area contributed by atoms with Crippen LogP contribution in [0.1, 0.15) is 5.56 Å². The summed E-state index contributed by atoms with van der Waals surface area (Å²) in [4.78, 5) is 1.07. The third-order valence-corrected chi connectivity index (χ3v) is 4.55. The highest BCUT2D eigenvalue weighted by Crippen LogP contribution is 2.26. The molecule has 0 heterocycles. The highest BCUT2D eigenvalue weighted by Gasteiger charge is 2.14. The Labute approximate surface area is 101 Å². The lowest BCUT2D eigenvalue weighted by Gasteiger charge is -2.16. The molecule has 0 bridgehead atoms. The molecule has 6 heteroatoms. The fraction of sp³-hybridized carbons (Fsp3) is 0.400. The summed E-state index contributed by atoms with van der Waals surface area (Å²) in [6.07, 6.45) is 1.96. The van der Waals surface area contributed by atoms with Crippen molar-refractivity contribution in [1.82, 2.24) is 4.31 Å². The van der Waals surface area contributed by atoms with E-state index in [2.05, 4.69) is 4.72 Å². The average molecular weight is 260 g/mol. The number of nitrogens with zero attached hydrogens (tertiary/aromatic N) is 1. The molecule has 0 amide bonds. The van der Waals surface area contributed by atoms with Gasteiger partial charge in [0.05, 0.1) is 5.69 Å². The second-order valence-corrected chi connectivity index (χ2v) is 6.25. The van der Waals surface area contributed by atoms with Crippen LogP contribution in [0.25, 0.3) is 0 Å². The molecule has 0 unspecified atom stereocenters. The zero-order valence-corrected chi connectivity index (χ0v) is 11.4. The number of hydrogen-bond acceptors (Lipinski definition) is 3. The van der Waals surface area contributed by atoms with Crippen molar-refractivity contribution in [2.24, 2.45) is 0 Å². The Kier molecular flexibility index (Phi) is 4.23. The molecule has 0 fully saturated rings. The molecule has 16 heavy (non-hydrogen) atoms. The van der Waals surface area contributed by atoms with E-state index in [9.17, 15) is 8.42 Å². The van der Waals surface area contributed by atoms with Crippen LogP contribution in [0.2, 0.25) is 0 Å². The number of rotatable bonds is 4. The molecular weight excluding hydrogens is 244 g/mol. The van der Waals surface area contributed by atoms with Crippen molar-refractivity contribution in [1.29, 1.82) is 0 Å². The monoisotopic (exact) mass is 260 g/mol. The zero-order chi connectivity index (χ0) is 12.3. The molecule has 0 aliphatic heterocycles. The van der Waals surface area contributed by atoms with Crippen molar-refractivity contribution in [2.75, 3.05) is 25.1 Å². The van der Waals surface area contributed by atoms with Crippen molar-refractivity contribution < 1.29 is 8.42 Å². The van der Waals surface area contributed by atoms with E-state index in [4.69, 9.17) is 0 Å². The van der Waals surface area contributed by atoms with E-state index >= 15 is 0 Å². The summed E-state index contributed by atoms with van der Waals surface area (Å²) in [5.41, 5.74) is 1.57. The Hall–Kier alpha value is -0.720. The number of benzene rings is 1. The van der Waals surface area contributed by atoms with Gasteiger partial charge in [-0.3, -0.25) is 4.72 Å². The summed E-state index contributed by atoms with van der Waals surface area (Å²) in [5, 5.41) is 0. The van der Waals surface area contributed by atoms with Gasteiger partial charge in [-0.05, 0) is 30.9 Å². The first kappa shape index (κ1) is 13.3. The number of anilines is 1. The lowest BCUT2D eigenvalue weighted by Crippen LogP contribution is -2.29. The highest BCUT2D eigenvalue weighted by atomic mass is 32.2. The van der Waals surface area contributed by atoms with Crippen molar-refractivity contribution in [2.45, 2.75) is 11.8 Å². The Balaban J connectivity index is 3.08. The van der Waals surface area contributed by atoms with E-state index in [0.29, 0.717) is 5.69 Å². The molecule has 0 aromatic heterocycles. The molecular formula is C10H16N2O2S2. The Morgan fingerprint density at radius 2 is 1.94 bits per heavy atom. The van der Waals surface area contributed by atoms with Gasteiger partial charge in [-0.2, -0.15) is 12.7 Å². The highest BCUT2D eigenvalue weighted by molar-refractivity contribution is 7.98. The van der Waals surface area contributed by atoms with Gasteiger partial charge in [0.25, 0.3) is 0 Å². The molecule has 0 spiro atoms. The minimum atomic E-state index is -3.42. The summed E-state index contributed by atoms with van der Waals surface area (Å²) in [5.74, 6) is 0. The summed E-state index contributed by atoms with van der Waals surface area (Å²) < 4.78 is 27.0. The minimum Gasteiger partial charge on any atom is -0.271 e. The Bertz CT molecular complexity index is 470. The van der Waals surface area contributed by atoms with Gasteiger partial charge in [-0.15, -0.1) is 11.8 Å². The normalized spacial score (nSPS) is 11.8. The summed E-state index contributed by atoms with van der Waals surface area (Å²) in [6, 6.07) is 5.57. The van der Waals surface area contributed by atoms with Gasteiger partial charge in [-0.25, -0.2) is 0 Å². The van der Waals surface area contributed by atoms with Gasteiger partial charge in [-0.1, -0.05) is 6.07 Å². The maximum absolute atomic E-state index is 11.7. The largest absolute Gasteiger partial charge is 0.301 e. The van der Waals surface area contributed by atoms with Crippen molar-refractivity contribution in [3.63, 3.8) is 0 Å². The number of hydrogen-bond donors (Lipinski definition) is 1. The van der Waals surface area contributed by atoms with E-state index in [-0.39, 0.29) is 0 Å². The van der Waals surface area contributed by atoms with Gasteiger partial charge in [0, 0.05) is 19.0 Å². The SMILES string of the molecule is CSc1cccc(NS(=O)(=O)N(C)C)c1C. The first-order valence-corrected chi connectivity index (χ1v) is 7.39. The number of thioether (sulfide) groups is 1. The van der Waals surface area contributed by atoms with Gasteiger partial charge in [0.2, 0.25) is 0 Å². The fourth-order valence-corrected chi connectivity index (χ4v) is 2.49. The molecule has 1 aromatic carbocycles. The topological polar surface area (TPSA) is 49.4 Å². The minimum absolute atomic E-state index is 0.626. The van der Waals surface area contributed by atoms with Crippen LogP contribution in [0.15, 0.2) is 23.1 Å². The van der Waals surface area contributed by atoms with Gasteiger partial charge in [0.1, 0.15) is 0 Å². The van der Waals surface area contributed by atoms with Gasteiger partial charge in [0.15, 0.2) is 0 Å². The molecule has 0 atom stereocenters. The standard InChI is InChI=1S/C10H16N2O2S2/c1-8-9(6-5-7-10(8)15-4)11-16(13,14)12(2)3/h5-7,11H,1-4H3. The van der Waals surface area contributed by atoms with Crippen molar-refractivity contribution in [3.8, 4) is 0 Å². The van der Waals surface area contributed by atoms with E-state index in [1.54, 1.807) is 17.8 Å². The van der Waals surface area contributed by atoms with Crippen LogP contribution in [0.5, 0.6) is 0 Å². The zero-order valence-electron chi connectivity index (χ0n) is 9.81. The molecule has 1 N–H and O–H groups in total. The molecule has 1 aromatic rings. The average Bonchev–Trinajstić information content (AvgIpc) is 2.20. The molecule has 1 rings (SSSR count). The van der Waals surface area contributed by atoms with E-state index in [1.807, 2.05) is 25.3 Å². The van der Waals surface area contributed by atoms with Gasteiger partial charge >= 0.3 is 10.2 Å². The Morgan fingerprint density at radius 1 is 1.31 bits per heavy atom. The van der Waals surface area contributed by atoms with Crippen LogP contribution in [-0.4, -0.2) is 33.1 Å². The van der Waals surface area contributed by atoms with Gasteiger partial charge < -0.3 is 0 Å². The lowest BCUT2D eigenvalue weighted by molar-refractivity contribution is 0.526. The molecule has 0 saturated heterocycles. The molecule has 4 nitrogen and oxygen atoms in total. The predicted molar refractivity (Wildman–Crippen MR) is 69.2 cm³/mol. The second-order valence-electron chi connectivity index (χ2n) is 3.52. The lowest BCUT2D eigenvalue weighted by atomic mass is 10.2. The molecule has 0 saturated carbocycles. The maximum Gasteiger partial charge on any atom is 0.301 e. The summed E-state index contributed by atoms with van der Waals surface area (Å²) in [7, 11) is -0.432. The quantitative estimate of drug-likeness (QED) is 0.842. The van der Waals surface area contributed by atoms with Crippen LogP contribution >= 0.6 is 11.8 Å². The third-order valence-electron chi connectivity index (χ3n) is 2.22. The van der Waals surface area contributed by atoms with E-state index in [0.717, 1.165) is 14.8 Å². The molecule has 0 radical (unpaired) electrons. The van der Waals surface area contributed by atoms with Crippen molar-refractivity contribution >= 4 is 27.7 Å². The van der Waals surface area contributed by atoms with Crippen LogP contribution in [-0.2, 0) is 10.2 Å². The molecule has 0 aliphatic carbocycles. The number of nitrogens with one attached hydrogen (secondary N) is 1. The molecule has 90 valence electrons. The van der Waals surface area contributed by atoms with Crippen LogP contribution < -0.4 is 4.72 Å². The second kappa shape index (κ2) is 5.07. The predicted octanol–water partition coefficient (Wildman–Crippen LogP) is 1.94. The van der Waals surface area contributed by atoms with Crippen LogP contribution in [0, 0.1) is 6.92 Å². The van der Waals surface area contributed by atoms with E-state index in [1.165, 1.54) is 14.1 Å². The molecule has 0 aliphatic rings. The summed E-state index contributed by atoms with van der Waals surface area (Å²) >= 11 is 1.60. The third kappa shape index (κ3) is 2.90. The smallest absolute Gasteiger partial charge is 0.271 e. The van der Waals surface area contributed by atoms with Crippen molar-refractivity contribution in [3.05, 3.63) is 23.8 Å². The van der Waals surface area contributed by atoms with Crippen LogP contribution in [0.4, 0.5) is 5.69 Å².